The average molecular weight is 480 g/mol. The maximum Gasteiger partial charge on any atom is 0.329 e. The molecule has 0 fully saturated rings. The normalized spacial score (nSPS) is 10.7. The van der Waals surface area contributed by atoms with E-state index < -0.39 is 11.8 Å². The molecule has 158 valence electrons. The zero-order chi connectivity index (χ0) is 22.2. The van der Waals surface area contributed by atoms with E-state index in [1.165, 1.54) is 6.21 Å². The zero-order valence-electron chi connectivity index (χ0n) is 17.2. The number of hydrazone groups is 1. The minimum absolute atomic E-state index is 0.392. The predicted molar refractivity (Wildman–Crippen MR) is 125 cm³/mol. The molecule has 0 saturated carbocycles. The van der Waals surface area contributed by atoms with E-state index in [4.69, 9.17) is 4.74 Å². The summed E-state index contributed by atoms with van der Waals surface area (Å²) in [6.07, 6.45) is 1.44. The van der Waals surface area contributed by atoms with Gasteiger partial charge in [-0.05, 0) is 55.3 Å². The molecular weight excluding hydrogens is 458 g/mol. The number of ether oxygens (including phenoxy) is 1. The van der Waals surface area contributed by atoms with Crippen molar-refractivity contribution < 1.29 is 14.3 Å². The second-order valence-electron chi connectivity index (χ2n) is 6.92. The zero-order valence-corrected chi connectivity index (χ0v) is 18.8. The standard InChI is InChI=1S/C24H22BrN3O3/c1-16-7-12-21(17(2)13-16)27-23(29)24(30)28-26-14-19-5-3-4-6-22(19)31-15-18-8-10-20(25)11-9-18/h3-14H,15H2,1-2H3,(H,27,29)(H,28,30). The van der Waals surface area contributed by atoms with Gasteiger partial charge in [0.25, 0.3) is 0 Å². The summed E-state index contributed by atoms with van der Waals surface area (Å²) in [6.45, 7) is 4.22. The van der Waals surface area contributed by atoms with Crippen LogP contribution in [0.3, 0.4) is 0 Å². The summed E-state index contributed by atoms with van der Waals surface area (Å²) in [5, 5.41) is 6.48. The van der Waals surface area contributed by atoms with E-state index in [0.29, 0.717) is 23.6 Å². The Labute approximate surface area is 189 Å². The van der Waals surface area contributed by atoms with Gasteiger partial charge in [-0.3, -0.25) is 9.59 Å². The molecule has 0 aliphatic heterocycles. The van der Waals surface area contributed by atoms with Crippen LogP contribution < -0.4 is 15.5 Å². The highest BCUT2D eigenvalue weighted by atomic mass is 79.9. The second kappa shape index (κ2) is 10.5. The third-order valence-electron chi connectivity index (χ3n) is 4.43. The number of nitrogens with zero attached hydrogens (tertiary/aromatic N) is 1. The van der Waals surface area contributed by atoms with E-state index in [9.17, 15) is 9.59 Å². The Kier molecular flexibility index (Phi) is 7.56. The van der Waals surface area contributed by atoms with Gasteiger partial charge in [0.1, 0.15) is 12.4 Å². The Morgan fingerprint density at radius 2 is 1.74 bits per heavy atom. The van der Waals surface area contributed by atoms with Crippen LogP contribution in [0.1, 0.15) is 22.3 Å². The molecule has 0 saturated heterocycles. The summed E-state index contributed by atoms with van der Waals surface area (Å²) in [4.78, 5) is 24.2. The number of halogens is 1. The van der Waals surface area contributed by atoms with Gasteiger partial charge in [-0.15, -0.1) is 0 Å². The molecule has 0 atom stereocenters. The van der Waals surface area contributed by atoms with Crippen LogP contribution in [0.15, 0.2) is 76.3 Å². The molecule has 0 aliphatic carbocycles. The summed E-state index contributed by atoms with van der Waals surface area (Å²) in [5.41, 5.74) is 6.48. The van der Waals surface area contributed by atoms with Crippen LogP contribution in [0.4, 0.5) is 5.69 Å². The highest BCUT2D eigenvalue weighted by Gasteiger charge is 2.14. The Morgan fingerprint density at radius 3 is 2.48 bits per heavy atom. The van der Waals surface area contributed by atoms with Gasteiger partial charge in [-0.2, -0.15) is 5.10 Å². The van der Waals surface area contributed by atoms with E-state index in [0.717, 1.165) is 21.2 Å². The number of rotatable bonds is 6. The summed E-state index contributed by atoms with van der Waals surface area (Å²) in [6, 6.07) is 20.7. The molecule has 0 heterocycles. The van der Waals surface area contributed by atoms with Crippen LogP contribution in [0.5, 0.6) is 5.75 Å². The van der Waals surface area contributed by atoms with Crippen LogP contribution in [-0.4, -0.2) is 18.0 Å². The van der Waals surface area contributed by atoms with Crippen molar-refractivity contribution in [1.29, 1.82) is 0 Å². The fourth-order valence-corrected chi connectivity index (χ4v) is 3.07. The number of aryl methyl sites for hydroxylation is 2. The number of nitrogens with one attached hydrogen (secondary N) is 2. The van der Waals surface area contributed by atoms with Crippen molar-refractivity contribution in [3.8, 4) is 5.75 Å². The molecule has 3 aromatic rings. The van der Waals surface area contributed by atoms with Crippen molar-refractivity contribution in [2.24, 2.45) is 5.10 Å². The highest BCUT2D eigenvalue weighted by molar-refractivity contribution is 9.10. The van der Waals surface area contributed by atoms with Crippen molar-refractivity contribution >= 4 is 39.6 Å². The van der Waals surface area contributed by atoms with E-state index >= 15 is 0 Å². The molecule has 3 aromatic carbocycles. The molecule has 0 spiro atoms. The molecular formula is C24H22BrN3O3. The topological polar surface area (TPSA) is 79.8 Å². The van der Waals surface area contributed by atoms with Crippen LogP contribution in [0.25, 0.3) is 0 Å². The molecule has 2 N–H and O–H groups in total. The Hall–Kier alpha value is -3.45. The number of para-hydroxylation sites is 1. The number of hydrogen-bond acceptors (Lipinski definition) is 4. The summed E-state index contributed by atoms with van der Waals surface area (Å²) < 4.78 is 6.87. The van der Waals surface area contributed by atoms with Crippen molar-refractivity contribution in [2.45, 2.75) is 20.5 Å². The molecule has 2 amide bonds. The van der Waals surface area contributed by atoms with Gasteiger partial charge in [0.05, 0.1) is 6.21 Å². The van der Waals surface area contributed by atoms with E-state index in [2.05, 4.69) is 31.8 Å². The fraction of sp³-hybridized carbons (Fsp3) is 0.125. The minimum Gasteiger partial charge on any atom is -0.488 e. The van der Waals surface area contributed by atoms with Gasteiger partial charge in [0, 0.05) is 15.7 Å². The smallest absolute Gasteiger partial charge is 0.329 e. The van der Waals surface area contributed by atoms with Gasteiger partial charge in [0.2, 0.25) is 0 Å². The molecule has 0 aromatic heterocycles. The van der Waals surface area contributed by atoms with Crippen molar-refractivity contribution in [2.75, 3.05) is 5.32 Å². The number of carbonyl (C=O) groups excluding carboxylic acids is 2. The van der Waals surface area contributed by atoms with Gasteiger partial charge < -0.3 is 10.1 Å². The van der Waals surface area contributed by atoms with Gasteiger partial charge in [-0.25, -0.2) is 5.43 Å². The quantitative estimate of drug-likeness (QED) is 0.304. The number of amides is 2. The molecule has 0 aliphatic rings. The first-order chi connectivity index (χ1) is 14.9. The van der Waals surface area contributed by atoms with Crippen molar-refractivity contribution in [1.82, 2.24) is 5.43 Å². The van der Waals surface area contributed by atoms with Gasteiger partial charge >= 0.3 is 11.8 Å². The lowest BCUT2D eigenvalue weighted by Gasteiger charge is -2.09. The van der Waals surface area contributed by atoms with Crippen LogP contribution in [0, 0.1) is 13.8 Å². The molecule has 31 heavy (non-hydrogen) atoms. The number of hydrogen-bond donors (Lipinski definition) is 2. The minimum atomic E-state index is -0.857. The third-order valence-corrected chi connectivity index (χ3v) is 4.96. The first-order valence-corrected chi connectivity index (χ1v) is 10.4. The van der Waals surface area contributed by atoms with Crippen molar-refractivity contribution in [3.05, 3.63) is 93.5 Å². The molecule has 0 radical (unpaired) electrons. The predicted octanol–water partition coefficient (Wildman–Crippen LogP) is 4.73. The largest absolute Gasteiger partial charge is 0.488 e. The maximum atomic E-state index is 12.1. The molecule has 0 bridgehead atoms. The van der Waals surface area contributed by atoms with Crippen LogP contribution in [0.2, 0.25) is 0 Å². The van der Waals surface area contributed by atoms with E-state index in [1.54, 1.807) is 6.07 Å². The Balaban J connectivity index is 1.58. The van der Waals surface area contributed by atoms with Gasteiger partial charge in [-0.1, -0.05) is 57.9 Å². The molecule has 0 unspecified atom stereocenters. The summed E-state index contributed by atoms with van der Waals surface area (Å²) in [7, 11) is 0. The van der Waals surface area contributed by atoms with Crippen LogP contribution in [-0.2, 0) is 16.2 Å². The van der Waals surface area contributed by atoms with E-state index in [-0.39, 0.29) is 0 Å². The second-order valence-corrected chi connectivity index (χ2v) is 7.84. The Bertz CT molecular complexity index is 1110. The van der Waals surface area contributed by atoms with Crippen LogP contribution >= 0.6 is 15.9 Å². The number of anilines is 1. The summed E-state index contributed by atoms with van der Waals surface area (Å²) in [5.74, 6) is -1.03. The lowest BCUT2D eigenvalue weighted by molar-refractivity contribution is -0.136. The van der Waals surface area contributed by atoms with Gasteiger partial charge in [0.15, 0.2) is 0 Å². The lowest BCUT2D eigenvalue weighted by atomic mass is 10.1. The monoisotopic (exact) mass is 479 g/mol. The molecule has 6 nitrogen and oxygen atoms in total. The number of benzene rings is 3. The highest BCUT2D eigenvalue weighted by Crippen LogP contribution is 2.19. The third kappa shape index (κ3) is 6.52. The maximum absolute atomic E-state index is 12.1. The average Bonchev–Trinajstić information content (AvgIpc) is 2.76. The molecule has 3 rings (SSSR count). The first-order valence-electron chi connectivity index (χ1n) is 9.60. The fourth-order valence-electron chi connectivity index (χ4n) is 2.80. The number of carbonyl (C=O) groups is 2. The lowest BCUT2D eigenvalue weighted by Crippen LogP contribution is -2.32. The van der Waals surface area contributed by atoms with Crippen molar-refractivity contribution in [3.63, 3.8) is 0 Å². The Morgan fingerprint density at radius 1 is 1.00 bits per heavy atom. The molecule has 7 heteroatoms. The first kappa shape index (κ1) is 22.2. The summed E-state index contributed by atoms with van der Waals surface area (Å²) >= 11 is 3.41. The van der Waals surface area contributed by atoms with E-state index in [1.807, 2.05) is 74.5 Å². The SMILES string of the molecule is Cc1ccc(NC(=O)C(=O)NN=Cc2ccccc2OCc2ccc(Br)cc2)c(C)c1.